The first-order chi connectivity index (χ1) is 13.3. The van der Waals surface area contributed by atoms with Crippen LogP contribution in [0.4, 0.5) is 20.2 Å². The molecule has 142 valence electrons. The summed E-state index contributed by atoms with van der Waals surface area (Å²) in [4.78, 5) is 28.8. The number of rotatable bonds is 4. The molecular formula is C21H17F2N3O2. The topological polar surface area (TPSA) is 71.1 Å². The average molecular weight is 381 g/mol. The third-order valence-electron chi connectivity index (χ3n) is 4.08. The third kappa shape index (κ3) is 4.37. The summed E-state index contributed by atoms with van der Waals surface area (Å²) in [5, 5.41) is 5.12. The van der Waals surface area contributed by atoms with Crippen LogP contribution in [0.3, 0.4) is 0 Å². The van der Waals surface area contributed by atoms with Crippen molar-refractivity contribution in [3.63, 3.8) is 0 Å². The van der Waals surface area contributed by atoms with E-state index in [-0.39, 0.29) is 16.8 Å². The molecule has 0 saturated carbocycles. The van der Waals surface area contributed by atoms with Gasteiger partial charge < -0.3 is 10.6 Å². The van der Waals surface area contributed by atoms with Crippen LogP contribution in [0, 0.1) is 25.5 Å². The summed E-state index contributed by atoms with van der Waals surface area (Å²) in [7, 11) is 0. The lowest BCUT2D eigenvalue weighted by Gasteiger charge is -2.10. The van der Waals surface area contributed by atoms with Gasteiger partial charge in [0.2, 0.25) is 0 Å². The quantitative estimate of drug-likeness (QED) is 0.700. The lowest BCUT2D eigenvalue weighted by atomic mass is 10.1. The van der Waals surface area contributed by atoms with Crippen LogP contribution >= 0.6 is 0 Å². The van der Waals surface area contributed by atoms with Crippen LogP contribution in [-0.2, 0) is 0 Å². The molecule has 0 saturated heterocycles. The highest BCUT2D eigenvalue weighted by atomic mass is 19.1. The predicted molar refractivity (Wildman–Crippen MR) is 102 cm³/mol. The number of carbonyl (C=O) groups excluding carboxylic acids is 2. The second kappa shape index (κ2) is 7.96. The van der Waals surface area contributed by atoms with Gasteiger partial charge in [0, 0.05) is 24.1 Å². The van der Waals surface area contributed by atoms with Gasteiger partial charge in [0.05, 0.1) is 16.8 Å². The van der Waals surface area contributed by atoms with Crippen LogP contribution in [-0.4, -0.2) is 16.8 Å². The van der Waals surface area contributed by atoms with Gasteiger partial charge in [-0.25, -0.2) is 8.78 Å². The fourth-order valence-corrected chi connectivity index (χ4v) is 2.54. The number of carbonyl (C=O) groups is 2. The van der Waals surface area contributed by atoms with E-state index in [9.17, 15) is 18.4 Å². The van der Waals surface area contributed by atoms with E-state index in [1.807, 2.05) is 32.0 Å². The first-order valence-corrected chi connectivity index (χ1v) is 8.43. The summed E-state index contributed by atoms with van der Waals surface area (Å²) in [6.45, 7) is 3.78. The molecule has 3 aromatic rings. The molecule has 5 nitrogen and oxygen atoms in total. The zero-order chi connectivity index (χ0) is 20.3. The molecule has 0 bridgehead atoms. The number of halogens is 2. The Morgan fingerprint density at radius 3 is 2.11 bits per heavy atom. The fourth-order valence-electron chi connectivity index (χ4n) is 2.54. The average Bonchev–Trinajstić information content (AvgIpc) is 2.67. The zero-order valence-electron chi connectivity index (χ0n) is 15.2. The maximum absolute atomic E-state index is 13.7. The largest absolute Gasteiger partial charge is 0.322 e. The van der Waals surface area contributed by atoms with E-state index in [4.69, 9.17) is 0 Å². The number of anilines is 2. The second-order valence-electron chi connectivity index (χ2n) is 6.31. The van der Waals surface area contributed by atoms with Crippen molar-refractivity contribution in [1.29, 1.82) is 0 Å². The monoisotopic (exact) mass is 381 g/mol. The van der Waals surface area contributed by atoms with Gasteiger partial charge in [-0.15, -0.1) is 0 Å². The van der Waals surface area contributed by atoms with Crippen molar-refractivity contribution < 1.29 is 18.4 Å². The van der Waals surface area contributed by atoms with Crippen LogP contribution in [0.5, 0.6) is 0 Å². The Hall–Kier alpha value is -3.61. The van der Waals surface area contributed by atoms with Crippen LogP contribution in [0.25, 0.3) is 0 Å². The van der Waals surface area contributed by atoms with Gasteiger partial charge in [0.1, 0.15) is 11.6 Å². The predicted octanol–water partition coefficient (Wildman–Crippen LogP) is 4.48. The highest BCUT2D eigenvalue weighted by Gasteiger charge is 2.14. The first kappa shape index (κ1) is 19.2. The standard InChI is InChI=1S/C21H17F2N3O2/c1-12-3-4-13(2)19(7-12)26-21(28)15-8-14(10-24-11-15)20(27)25-18-6-5-16(22)9-17(18)23/h3-11H,1-2H3,(H,25,27)(H,26,28). The zero-order valence-corrected chi connectivity index (χ0v) is 15.2. The Morgan fingerprint density at radius 1 is 0.821 bits per heavy atom. The molecule has 28 heavy (non-hydrogen) atoms. The molecule has 1 heterocycles. The number of benzene rings is 2. The van der Waals surface area contributed by atoms with Crippen molar-refractivity contribution in [2.24, 2.45) is 0 Å². The first-order valence-electron chi connectivity index (χ1n) is 8.43. The molecule has 3 rings (SSSR count). The number of nitrogens with zero attached hydrogens (tertiary/aromatic N) is 1. The Labute approximate surface area is 160 Å². The van der Waals surface area contributed by atoms with Crippen molar-refractivity contribution in [1.82, 2.24) is 4.98 Å². The molecule has 0 unspecified atom stereocenters. The maximum atomic E-state index is 13.7. The van der Waals surface area contributed by atoms with Gasteiger partial charge in [0.25, 0.3) is 11.8 Å². The number of hydrogen-bond acceptors (Lipinski definition) is 3. The van der Waals surface area contributed by atoms with Crippen molar-refractivity contribution >= 4 is 23.2 Å². The van der Waals surface area contributed by atoms with Crippen molar-refractivity contribution in [2.45, 2.75) is 13.8 Å². The second-order valence-corrected chi connectivity index (χ2v) is 6.31. The summed E-state index contributed by atoms with van der Waals surface area (Å²) in [6.07, 6.45) is 2.58. The summed E-state index contributed by atoms with van der Waals surface area (Å²) in [5.74, 6) is -2.74. The number of hydrogen-bond donors (Lipinski definition) is 2. The molecule has 0 atom stereocenters. The molecule has 0 fully saturated rings. The maximum Gasteiger partial charge on any atom is 0.257 e. The van der Waals surface area contributed by atoms with E-state index in [1.54, 1.807) is 0 Å². The molecule has 7 heteroatoms. The number of pyridine rings is 1. The molecule has 1 aromatic heterocycles. The molecule has 0 aliphatic heterocycles. The third-order valence-corrected chi connectivity index (χ3v) is 4.08. The number of aryl methyl sites for hydroxylation is 2. The van der Waals surface area contributed by atoms with Crippen molar-refractivity contribution in [3.05, 3.63) is 88.7 Å². The Morgan fingerprint density at radius 2 is 1.46 bits per heavy atom. The molecule has 2 aromatic carbocycles. The van der Waals surface area contributed by atoms with Gasteiger partial charge in [-0.1, -0.05) is 12.1 Å². The van der Waals surface area contributed by atoms with Gasteiger partial charge >= 0.3 is 0 Å². The van der Waals surface area contributed by atoms with Crippen LogP contribution in [0.15, 0.2) is 54.9 Å². The summed E-state index contributed by atoms with van der Waals surface area (Å²) in [5.41, 5.74) is 2.62. The highest BCUT2D eigenvalue weighted by Crippen LogP contribution is 2.19. The van der Waals surface area contributed by atoms with Crippen LogP contribution in [0.2, 0.25) is 0 Å². The van der Waals surface area contributed by atoms with E-state index >= 15 is 0 Å². The minimum absolute atomic E-state index is 0.0670. The van der Waals surface area contributed by atoms with E-state index in [0.717, 1.165) is 23.3 Å². The van der Waals surface area contributed by atoms with E-state index in [0.29, 0.717) is 11.8 Å². The molecule has 0 radical (unpaired) electrons. The summed E-state index contributed by atoms with van der Waals surface area (Å²) in [6, 6.07) is 9.84. The Balaban J connectivity index is 1.78. The number of aromatic nitrogens is 1. The highest BCUT2D eigenvalue weighted by molar-refractivity contribution is 6.08. The minimum Gasteiger partial charge on any atom is -0.322 e. The number of amides is 2. The van der Waals surface area contributed by atoms with Gasteiger partial charge in [-0.2, -0.15) is 0 Å². The van der Waals surface area contributed by atoms with Gasteiger partial charge in [-0.05, 0) is 49.2 Å². The van der Waals surface area contributed by atoms with E-state index in [2.05, 4.69) is 15.6 Å². The fraction of sp³-hybridized carbons (Fsp3) is 0.0952. The Bertz CT molecular complexity index is 1070. The van der Waals surface area contributed by atoms with Crippen LogP contribution < -0.4 is 10.6 Å². The SMILES string of the molecule is Cc1ccc(C)c(NC(=O)c2cncc(C(=O)Nc3ccc(F)cc3F)c2)c1. The van der Waals surface area contributed by atoms with E-state index < -0.39 is 23.4 Å². The minimum atomic E-state index is -0.898. The molecule has 0 aliphatic rings. The number of nitrogens with one attached hydrogen (secondary N) is 2. The Kier molecular flexibility index (Phi) is 5.44. The lowest BCUT2D eigenvalue weighted by Crippen LogP contribution is -2.17. The molecule has 2 N–H and O–H groups in total. The molecular weight excluding hydrogens is 364 g/mol. The molecule has 0 aliphatic carbocycles. The summed E-state index contributed by atoms with van der Waals surface area (Å²) < 4.78 is 26.7. The van der Waals surface area contributed by atoms with Gasteiger partial charge in [0.15, 0.2) is 0 Å². The molecule has 0 spiro atoms. The van der Waals surface area contributed by atoms with Crippen LogP contribution in [0.1, 0.15) is 31.8 Å². The summed E-state index contributed by atoms with van der Waals surface area (Å²) >= 11 is 0. The smallest absolute Gasteiger partial charge is 0.257 e. The lowest BCUT2D eigenvalue weighted by molar-refractivity contribution is 0.102. The van der Waals surface area contributed by atoms with Crippen molar-refractivity contribution in [2.75, 3.05) is 10.6 Å². The molecule has 2 amide bonds. The van der Waals surface area contributed by atoms with Crippen molar-refractivity contribution in [3.8, 4) is 0 Å². The normalized spacial score (nSPS) is 10.4. The van der Waals surface area contributed by atoms with E-state index in [1.165, 1.54) is 18.5 Å². The van der Waals surface area contributed by atoms with Gasteiger partial charge in [-0.3, -0.25) is 14.6 Å².